The highest BCUT2D eigenvalue weighted by molar-refractivity contribution is 6.00. The van der Waals surface area contributed by atoms with Gasteiger partial charge in [-0.1, -0.05) is 6.08 Å². The monoisotopic (exact) mass is 296 g/mol. The van der Waals surface area contributed by atoms with E-state index < -0.39 is 17.6 Å². The van der Waals surface area contributed by atoms with Crippen LogP contribution < -0.4 is 5.32 Å². The minimum atomic E-state index is -4.50. The van der Waals surface area contributed by atoms with Crippen molar-refractivity contribution in [3.8, 4) is 5.69 Å². The zero-order valence-electron chi connectivity index (χ0n) is 10.9. The Labute approximate surface area is 118 Å². The second-order valence-electron chi connectivity index (χ2n) is 4.06. The van der Waals surface area contributed by atoms with Gasteiger partial charge in [0.25, 0.3) is 0 Å². The van der Waals surface area contributed by atoms with E-state index in [1.807, 2.05) is 0 Å². The second-order valence-corrected chi connectivity index (χ2v) is 4.06. The Bertz CT molecular complexity index is 663. The number of anilines is 1. The largest absolute Gasteiger partial charge is 0.416 e. The molecule has 1 aromatic carbocycles. The number of halogens is 3. The average molecular weight is 296 g/mol. The van der Waals surface area contributed by atoms with Crippen molar-refractivity contribution in [1.29, 1.82) is 0 Å². The molecule has 1 N–H and O–H groups in total. The summed E-state index contributed by atoms with van der Waals surface area (Å²) < 4.78 is 39.6. The number of alkyl halides is 3. The lowest BCUT2D eigenvalue weighted by Crippen LogP contribution is -2.13. The molecule has 0 bridgehead atoms. The summed E-state index contributed by atoms with van der Waals surface area (Å²) in [6.07, 6.45) is 0.771. The van der Waals surface area contributed by atoms with E-state index in [1.54, 1.807) is 6.92 Å². The van der Waals surface area contributed by atoms with Crippen LogP contribution in [0, 0.1) is 0 Å². The van der Waals surface area contributed by atoms with Gasteiger partial charge >= 0.3 is 6.18 Å². The number of rotatable bonds is 3. The number of amides is 1. The number of carbonyl (C=O) groups excluding carboxylic acids is 1. The minimum absolute atomic E-state index is 0.00146. The third-order valence-electron chi connectivity index (χ3n) is 2.57. The summed E-state index contributed by atoms with van der Waals surface area (Å²) in [4.78, 5) is 15.3. The molecule has 2 aromatic rings. The van der Waals surface area contributed by atoms with Crippen LogP contribution in [0.25, 0.3) is 5.69 Å². The van der Waals surface area contributed by atoms with Crippen LogP contribution in [0.15, 0.2) is 43.0 Å². The highest BCUT2D eigenvalue weighted by Crippen LogP contribution is 2.33. The van der Waals surface area contributed by atoms with Gasteiger partial charge in [-0.25, -0.2) is 9.67 Å². The molecule has 0 unspecified atom stereocenters. The maximum atomic E-state index is 12.8. The van der Waals surface area contributed by atoms with Crippen molar-refractivity contribution < 1.29 is 18.0 Å². The Morgan fingerprint density at radius 3 is 2.71 bits per heavy atom. The standard InChI is InChI=1S/C13H11F3N4O/c1-2-3-12(21)19-10-6-9(13(14,15)16)4-5-11(10)20-8-17-7-18-20/h2-8H,1H3,(H,19,21)/b3-2+. The van der Waals surface area contributed by atoms with Gasteiger partial charge in [-0.2, -0.15) is 18.3 Å². The summed E-state index contributed by atoms with van der Waals surface area (Å²) in [6.45, 7) is 1.63. The number of hydrogen-bond acceptors (Lipinski definition) is 3. The normalized spacial score (nSPS) is 11.8. The zero-order valence-corrected chi connectivity index (χ0v) is 10.9. The second kappa shape index (κ2) is 5.78. The quantitative estimate of drug-likeness (QED) is 0.886. The lowest BCUT2D eigenvalue weighted by Gasteiger charge is -2.13. The molecule has 110 valence electrons. The molecule has 0 radical (unpaired) electrons. The van der Waals surface area contributed by atoms with Crippen molar-refractivity contribution in [2.75, 3.05) is 5.32 Å². The van der Waals surface area contributed by atoms with Gasteiger partial charge in [0.1, 0.15) is 12.7 Å². The molecule has 0 atom stereocenters. The Hall–Kier alpha value is -2.64. The van der Waals surface area contributed by atoms with E-state index in [2.05, 4.69) is 15.4 Å². The molecule has 0 saturated carbocycles. The van der Waals surface area contributed by atoms with Gasteiger partial charge in [-0.3, -0.25) is 4.79 Å². The smallest absolute Gasteiger partial charge is 0.321 e. The van der Waals surface area contributed by atoms with Gasteiger partial charge in [0.2, 0.25) is 5.91 Å². The molecule has 21 heavy (non-hydrogen) atoms. The lowest BCUT2D eigenvalue weighted by atomic mass is 10.1. The van der Waals surface area contributed by atoms with Crippen molar-refractivity contribution in [2.45, 2.75) is 13.1 Å². The van der Waals surface area contributed by atoms with Crippen LogP contribution in [-0.4, -0.2) is 20.7 Å². The van der Waals surface area contributed by atoms with E-state index in [9.17, 15) is 18.0 Å². The van der Waals surface area contributed by atoms with E-state index in [1.165, 1.54) is 35.6 Å². The van der Waals surface area contributed by atoms with Gasteiger partial charge in [-0.05, 0) is 31.2 Å². The molecule has 1 aromatic heterocycles. The molecule has 0 fully saturated rings. The number of hydrogen-bond donors (Lipinski definition) is 1. The summed E-state index contributed by atoms with van der Waals surface area (Å²) in [5, 5.41) is 6.25. The van der Waals surface area contributed by atoms with Crippen LogP contribution in [0.3, 0.4) is 0 Å². The molecule has 1 heterocycles. The maximum absolute atomic E-state index is 12.8. The molecule has 0 aliphatic heterocycles. The summed E-state index contributed by atoms with van der Waals surface area (Å²) in [5.41, 5.74) is -0.570. The fraction of sp³-hybridized carbons (Fsp3) is 0.154. The summed E-state index contributed by atoms with van der Waals surface area (Å²) in [5.74, 6) is -0.529. The molecule has 0 aliphatic carbocycles. The van der Waals surface area contributed by atoms with Crippen LogP contribution >= 0.6 is 0 Å². The third-order valence-corrected chi connectivity index (χ3v) is 2.57. The molecule has 5 nitrogen and oxygen atoms in total. The van der Waals surface area contributed by atoms with E-state index in [4.69, 9.17) is 0 Å². The molecule has 0 spiro atoms. The third kappa shape index (κ3) is 3.47. The predicted octanol–water partition coefficient (Wildman–Crippen LogP) is 2.80. The van der Waals surface area contributed by atoms with Crippen molar-refractivity contribution >= 4 is 11.6 Å². The molecule has 2 rings (SSSR count). The Morgan fingerprint density at radius 2 is 2.14 bits per heavy atom. The van der Waals surface area contributed by atoms with Crippen molar-refractivity contribution in [3.05, 3.63) is 48.6 Å². The van der Waals surface area contributed by atoms with Crippen LogP contribution in [0.2, 0.25) is 0 Å². The average Bonchev–Trinajstić information content (AvgIpc) is 2.91. The highest BCUT2D eigenvalue weighted by Gasteiger charge is 2.31. The number of nitrogens with one attached hydrogen (secondary N) is 1. The Kier molecular flexibility index (Phi) is 4.06. The molecule has 1 amide bonds. The Balaban J connectivity index is 2.48. The van der Waals surface area contributed by atoms with E-state index >= 15 is 0 Å². The van der Waals surface area contributed by atoms with Crippen LogP contribution in [0.5, 0.6) is 0 Å². The maximum Gasteiger partial charge on any atom is 0.416 e. The number of benzene rings is 1. The number of carbonyl (C=O) groups is 1. The Morgan fingerprint density at radius 1 is 1.38 bits per heavy atom. The minimum Gasteiger partial charge on any atom is -0.321 e. The van der Waals surface area contributed by atoms with Gasteiger partial charge in [0.05, 0.1) is 16.9 Å². The van der Waals surface area contributed by atoms with Gasteiger partial charge in [0, 0.05) is 0 Å². The first kappa shape index (κ1) is 14.8. The van der Waals surface area contributed by atoms with Gasteiger partial charge in [-0.15, -0.1) is 0 Å². The first-order valence-corrected chi connectivity index (χ1v) is 5.91. The summed E-state index contributed by atoms with van der Waals surface area (Å²) in [6, 6.07) is 3.00. The number of aromatic nitrogens is 3. The van der Waals surface area contributed by atoms with Crippen molar-refractivity contribution in [1.82, 2.24) is 14.8 Å². The van der Waals surface area contributed by atoms with E-state index in [0.717, 1.165) is 12.1 Å². The van der Waals surface area contributed by atoms with E-state index in [0.29, 0.717) is 5.69 Å². The fourth-order valence-corrected chi connectivity index (χ4v) is 1.67. The predicted molar refractivity (Wildman–Crippen MR) is 69.8 cm³/mol. The molecular formula is C13H11F3N4O. The SMILES string of the molecule is C/C=C/C(=O)Nc1cc(C(F)(F)F)ccc1-n1cncn1. The first-order chi connectivity index (χ1) is 9.91. The van der Waals surface area contributed by atoms with Gasteiger partial charge < -0.3 is 5.32 Å². The zero-order chi connectivity index (χ0) is 15.5. The lowest BCUT2D eigenvalue weighted by molar-refractivity contribution is -0.137. The number of allylic oxidation sites excluding steroid dienone is 1. The fourth-order valence-electron chi connectivity index (χ4n) is 1.67. The molecule has 0 saturated heterocycles. The van der Waals surface area contributed by atoms with Crippen LogP contribution in [0.1, 0.15) is 12.5 Å². The molecule has 0 aliphatic rings. The van der Waals surface area contributed by atoms with E-state index in [-0.39, 0.29) is 5.69 Å². The summed E-state index contributed by atoms with van der Waals surface area (Å²) in [7, 11) is 0. The topological polar surface area (TPSA) is 59.8 Å². The van der Waals surface area contributed by atoms with Gasteiger partial charge in [0.15, 0.2) is 0 Å². The molecule has 8 heteroatoms. The van der Waals surface area contributed by atoms with Crippen LogP contribution in [0.4, 0.5) is 18.9 Å². The van der Waals surface area contributed by atoms with Crippen LogP contribution in [-0.2, 0) is 11.0 Å². The molecular weight excluding hydrogens is 285 g/mol. The summed E-state index contributed by atoms with van der Waals surface area (Å²) >= 11 is 0. The highest BCUT2D eigenvalue weighted by atomic mass is 19.4. The van der Waals surface area contributed by atoms with Crippen molar-refractivity contribution in [2.24, 2.45) is 0 Å². The first-order valence-electron chi connectivity index (χ1n) is 5.91. The number of nitrogens with zero attached hydrogens (tertiary/aromatic N) is 3. The van der Waals surface area contributed by atoms with Crippen molar-refractivity contribution in [3.63, 3.8) is 0 Å².